The maximum atomic E-state index is 5.93. The summed E-state index contributed by atoms with van der Waals surface area (Å²) >= 11 is 7.72. The topological polar surface area (TPSA) is 0 Å². The molecule has 0 saturated carbocycles. The van der Waals surface area contributed by atoms with Crippen LogP contribution in [-0.4, -0.2) is 0 Å². The summed E-state index contributed by atoms with van der Waals surface area (Å²) < 4.78 is -0.147. The first-order valence-electron chi connectivity index (χ1n) is 5.78. The molecule has 0 amide bonds. The average molecular weight is 275 g/mol. The van der Waals surface area contributed by atoms with Crippen molar-refractivity contribution >= 4 is 23.4 Å². The molecule has 0 bridgehead atoms. The van der Waals surface area contributed by atoms with Crippen molar-refractivity contribution in [2.75, 3.05) is 0 Å². The number of rotatable bonds is 4. The predicted octanol–water partition coefficient (Wildman–Crippen LogP) is 5.53. The SMILES string of the molecule is C=C[C@](C)(Sc1ccccc1)c1ccc(Cl)cc1. The summed E-state index contributed by atoms with van der Waals surface area (Å²) in [5.74, 6) is 0. The molecule has 2 aromatic rings. The zero-order valence-corrected chi connectivity index (χ0v) is 11.8. The van der Waals surface area contributed by atoms with Crippen LogP contribution in [0.25, 0.3) is 0 Å². The van der Waals surface area contributed by atoms with Crippen LogP contribution in [0.1, 0.15) is 12.5 Å². The highest BCUT2D eigenvalue weighted by Crippen LogP contribution is 2.42. The van der Waals surface area contributed by atoms with E-state index in [4.69, 9.17) is 11.6 Å². The second kappa shape index (κ2) is 5.64. The highest BCUT2D eigenvalue weighted by atomic mass is 35.5. The van der Waals surface area contributed by atoms with Gasteiger partial charge < -0.3 is 0 Å². The van der Waals surface area contributed by atoms with Crippen molar-refractivity contribution in [1.82, 2.24) is 0 Å². The van der Waals surface area contributed by atoms with Gasteiger partial charge in [-0.2, -0.15) is 0 Å². The van der Waals surface area contributed by atoms with Gasteiger partial charge in [-0.15, -0.1) is 18.3 Å². The standard InChI is InChI=1S/C16H15ClS/c1-3-16(2,13-9-11-14(17)12-10-13)18-15-7-5-4-6-8-15/h3-12H,1H2,2H3/t16-/m0/s1. The molecular weight excluding hydrogens is 260 g/mol. The van der Waals surface area contributed by atoms with Crippen LogP contribution >= 0.6 is 23.4 Å². The van der Waals surface area contributed by atoms with Crippen molar-refractivity contribution in [3.05, 3.63) is 77.8 Å². The van der Waals surface area contributed by atoms with E-state index in [1.807, 2.05) is 36.4 Å². The second-order valence-electron chi connectivity index (χ2n) is 4.23. The molecular formula is C16H15ClS. The highest BCUT2D eigenvalue weighted by molar-refractivity contribution is 8.00. The van der Waals surface area contributed by atoms with E-state index in [0.29, 0.717) is 0 Å². The van der Waals surface area contributed by atoms with Crippen molar-refractivity contribution in [3.63, 3.8) is 0 Å². The largest absolute Gasteiger partial charge is 0.111 e. The molecule has 0 aliphatic rings. The molecule has 2 rings (SSSR count). The summed E-state index contributed by atoms with van der Waals surface area (Å²) in [6.45, 7) is 6.14. The molecule has 0 aliphatic heterocycles. The lowest BCUT2D eigenvalue weighted by Gasteiger charge is -2.26. The second-order valence-corrected chi connectivity index (χ2v) is 6.19. The Balaban J connectivity index is 2.30. The van der Waals surface area contributed by atoms with Gasteiger partial charge in [-0.3, -0.25) is 0 Å². The fourth-order valence-corrected chi connectivity index (χ4v) is 2.98. The zero-order chi connectivity index (χ0) is 13.0. The lowest BCUT2D eigenvalue weighted by atomic mass is 10.0. The molecule has 1 atom stereocenters. The van der Waals surface area contributed by atoms with E-state index < -0.39 is 0 Å². The molecule has 0 nitrogen and oxygen atoms in total. The molecule has 2 heteroatoms. The summed E-state index contributed by atoms with van der Waals surface area (Å²) in [5.41, 5.74) is 1.20. The summed E-state index contributed by atoms with van der Waals surface area (Å²) in [4.78, 5) is 1.23. The van der Waals surface area contributed by atoms with Crippen LogP contribution in [0.3, 0.4) is 0 Å². The van der Waals surface area contributed by atoms with E-state index in [2.05, 4.69) is 37.8 Å². The van der Waals surface area contributed by atoms with Crippen LogP contribution in [0.2, 0.25) is 5.02 Å². The van der Waals surface area contributed by atoms with Crippen LogP contribution in [-0.2, 0) is 4.75 Å². The zero-order valence-electron chi connectivity index (χ0n) is 10.3. The summed E-state index contributed by atoms with van der Waals surface area (Å²) in [7, 11) is 0. The normalized spacial score (nSPS) is 13.9. The van der Waals surface area contributed by atoms with Crippen molar-refractivity contribution in [2.24, 2.45) is 0 Å². The lowest BCUT2D eigenvalue weighted by molar-refractivity contribution is 0.881. The predicted molar refractivity (Wildman–Crippen MR) is 81.3 cm³/mol. The Morgan fingerprint density at radius 2 is 1.67 bits per heavy atom. The molecule has 0 radical (unpaired) electrons. The number of hydrogen-bond donors (Lipinski definition) is 0. The van der Waals surface area contributed by atoms with Crippen molar-refractivity contribution in [3.8, 4) is 0 Å². The molecule has 0 spiro atoms. The van der Waals surface area contributed by atoms with Gasteiger partial charge in [0.2, 0.25) is 0 Å². The maximum Gasteiger partial charge on any atom is 0.0604 e. The summed E-state index contributed by atoms with van der Waals surface area (Å²) in [6.07, 6.45) is 1.98. The van der Waals surface area contributed by atoms with Crippen LogP contribution < -0.4 is 0 Å². The Hall–Kier alpha value is -1.18. The Bertz CT molecular complexity index is 519. The van der Waals surface area contributed by atoms with Gasteiger partial charge in [0.25, 0.3) is 0 Å². The Morgan fingerprint density at radius 3 is 2.22 bits per heavy atom. The first-order valence-corrected chi connectivity index (χ1v) is 6.97. The maximum absolute atomic E-state index is 5.93. The average Bonchev–Trinajstić information content (AvgIpc) is 2.40. The van der Waals surface area contributed by atoms with Crippen molar-refractivity contribution in [1.29, 1.82) is 0 Å². The molecule has 0 fully saturated rings. The molecule has 0 heterocycles. The number of thioether (sulfide) groups is 1. The van der Waals surface area contributed by atoms with E-state index in [1.54, 1.807) is 11.8 Å². The minimum atomic E-state index is -0.147. The summed E-state index contributed by atoms with van der Waals surface area (Å²) in [6, 6.07) is 18.3. The molecule has 2 aromatic carbocycles. The monoisotopic (exact) mass is 274 g/mol. The minimum Gasteiger partial charge on any atom is -0.111 e. The number of benzene rings is 2. The fraction of sp³-hybridized carbons (Fsp3) is 0.125. The van der Waals surface area contributed by atoms with Gasteiger partial charge in [0.15, 0.2) is 0 Å². The minimum absolute atomic E-state index is 0.147. The van der Waals surface area contributed by atoms with Gasteiger partial charge in [0.05, 0.1) is 4.75 Å². The first-order chi connectivity index (χ1) is 8.64. The molecule has 92 valence electrons. The Kier molecular flexibility index (Phi) is 4.15. The van der Waals surface area contributed by atoms with Gasteiger partial charge >= 0.3 is 0 Å². The van der Waals surface area contributed by atoms with Crippen LogP contribution in [0.4, 0.5) is 0 Å². The van der Waals surface area contributed by atoms with E-state index in [9.17, 15) is 0 Å². The van der Waals surface area contributed by atoms with E-state index in [1.165, 1.54) is 10.5 Å². The third-order valence-electron chi connectivity index (χ3n) is 2.88. The van der Waals surface area contributed by atoms with Crippen LogP contribution in [0.5, 0.6) is 0 Å². The Labute approximate surface area is 118 Å². The molecule has 0 unspecified atom stereocenters. The van der Waals surface area contributed by atoms with E-state index >= 15 is 0 Å². The smallest absolute Gasteiger partial charge is 0.0604 e. The van der Waals surface area contributed by atoms with Gasteiger partial charge in [-0.25, -0.2) is 0 Å². The van der Waals surface area contributed by atoms with Crippen molar-refractivity contribution in [2.45, 2.75) is 16.6 Å². The Morgan fingerprint density at radius 1 is 1.06 bits per heavy atom. The van der Waals surface area contributed by atoms with Crippen LogP contribution in [0.15, 0.2) is 72.1 Å². The molecule has 0 saturated heterocycles. The summed E-state index contributed by atoms with van der Waals surface area (Å²) in [5, 5.41) is 0.759. The number of hydrogen-bond acceptors (Lipinski definition) is 1. The quantitative estimate of drug-likeness (QED) is 0.521. The highest BCUT2D eigenvalue weighted by Gasteiger charge is 2.24. The molecule has 0 N–H and O–H groups in total. The van der Waals surface area contributed by atoms with E-state index in [0.717, 1.165) is 5.02 Å². The van der Waals surface area contributed by atoms with Gasteiger partial charge in [-0.1, -0.05) is 48.0 Å². The lowest BCUT2D eigenvalue weighted by Crippen LogP contribution is -2.13. The van der Waals surface area contributed by atoms with Gasteiger partial charge in [0.1, 0.15) is 0 Å². The number of halogens is 1. The molecule has 18 heavy (non-hydrogen) atoms. The van der Waals surface area contributed by atoms with Crippen LogP contribution in [0, 0.1) is 0 Å². The first kappa shape index (κ1) is 13.3. The van der Waals surface area contributed by atoms with Crippen molar-refractivity contribution < 1.29 is 0 Å². The van der Waals surface area contributed by atoms with Gasteiger partial charge in [-0.05, 0) is 36.8 Å². The fourth-order valence-electron chi connectivity index (χ4n) is 1.73. The van der Waals surface area contributed by atoms with Gasteiger partial charge in [0, 0.05) is 9.92 Å². The molecule has 0 aromatic heterocycles. The third-order valence-corrected chi connectivity index (χ3v) is 4.47. The van der Waals surface area contributed by atoms with E-state index in [-0.39, 0.29) is 4.75 Å². The molecule has 0 aliphatic carbocycles. The third kappa shape index (κ3) is 2.98.